The summed E-state index contributed by atoms with van der Waals surface area (Å²) in [7, 11) is 1.82. The lowest BCUT2D eigenvalue weighted by Gasteiger charge is -2.37. The number of carbonyl (C=O) groups excluding carboxylic acids is 1. The van der Waals surface area contributed by atoms with Crippen LogP contribution in [-0.2, 0) is 29.7 Å². The summed E-state index contributed by atoms with van der Waals surface area (Å²) < 4.78 is 28.9. The van der Waals surface area contributed by atoms with Crippen LogP contribution in [0.4, 0.5) is 8.78 Å². The fraction of sp³-hybridized carbons (Fsp3) is 0.286. The van der Waals surface area contributed by atoms with Gasteiger partial charge in [0.15, 0.2) is 0 Å². The third kappa shape index (κ3) is 5.18. The maximum Gasteiger partial charge on any atom is 0.272 e. The second kappa shape index (κ2) is 11.6. The van der Waals surface area contributed by atoms with Crippen LogP contribution in [0.1, 0.15) is 59.9 Å². The van der Waals surface area contributed by atoms with E-state index in [1.807, 2.05) is 30.1 Å². The van der Waals surface area contributed by atoms with Crippen LogP contribution < -0.4 is 10.9 Å². The van der Waals surface area contributed by atoms with Gasteiger partial charge in [-0.3, -0.25) is 19.6 Å². The molecule has 7 rings (SSSR count). The summed E-state index contributed by atoms with van der Waals surface area (Å²) in [6.07, 6.45) is 7.13. The highest BCUT2D eigenvalue weighted by Gasteiger charge is 2.54. The first-order valence-corrected chi connectivity index (χ1v) is 15.2. The summed E-state index contributed by atoms with van der Waals surface area (Å²) in [4.78, 5) is 38.6. The van der Waals surface area contributed by atoms with Crippen LogP contribution in [0.3, 0.4) is 0 Å². The zero-order valence-electron chi connectivity index (χ0n) is 24.8. The molecule has 45 heavy (non-hydrogen) atoms. The summed E-state index contributed by atoms with van der Waals surface area (Å²) >= 11 is 0. The molecular formula is C35H32F2N6O2. The third-order valence-electron chi connectivity index (χ3n) is 9.13. The maximum absolute atomic E-state index is 14.8. The molecule has 0 saturated heterocycles. The van der Waals surface area contributed by atoms with Gasteiger partial charge in [-0.25, -0.2) is 13.9 Å². The first-order chi connectivity index (χ1) is 21.9. The summed E-state index contributed by atoms with van der Waals surface area (Å²) in [6, 6.07) is 16.5. The number of nitrogens with one attached hydrogen (secondary N) is 2. The number of aryl methyl sites for hydroxylation is 1. The zero-order chi connectivity index (χ0) is 31.1. The molecule has 5 aromatic rings. The number of carbonyl (C=O) groups is 1. The molecule has 1 amide bonds. The Morgan fingerprint density at radius 3 is 2.60 bits per heavy atom. The Balaban J connectivity index is 1.28. The molecule has 1 saturated carbocycles. The lowest BCUT2D eigenvalue weighted by Crippen LogP contribution is -2.43. The van der Waals surface area contributed by atoms with Gasteiger partial charge in [-0.05, 0) is 86.7 Å². The van der Waals surface area contributed by atoms with E-state index in [1.54, 1.807) is 24.4 Å². The van der Waals surface area contributed by atoms with E-state index in [4.69, 9.17) is 4.98 Å². The first kappa shape index (κ1) is 28.9. The van der Waals surface area contributed by atoms with Crippen molar-refractivity contribution in [1.29, 1.82) is 0 Å². The fourth-order valence-electron chi connectivity index (χ4n) is 6.67. The van der Waals surface area contributed by atoms with Gasteiger partial charge in [0, 0.05) is 29.9 Å². The summed E-state index contributed by atoms with van der Waals surface area (Å²) in [5, 5.41) is 11.2. The van der Waals surface area contributed by atoms with Gasteiger partial charge in [-0.15, -0.1) is 0 Å². The fourth-order valence-corrected chi connectivity index (χ4v) is 6.67. The van der Waals surface area contributed by atoms with E-state index >= 15 is 0 Å². The van der Waals surface area contributed by atoms with Crippen LogP contribution in [-0.4, -0.2) is 38.0 Å². The van der Waals surface area contributed by atoms with E-state index < -0.39 is 17.0 Å². The number of rotatable bonds is 8. The molecule has 1 atom stereocenters. The lowest BCUT2D eigenvalue weighted by atomic mass is 9.87. The van der Waals surface area contributed by atoms with Crippen LogP contribution in [0.25, 0.3) is 21.9 Å². The third-order valence-corrected chi connectivity index (χ3v) is 9.13. The summed E-state index contributed by atoms with van der Waals surface area (Å²) in [5.41, 5.74) is 3.35. The van der Waals surface area contributed by atoms with Crippen molar-refractivity contribution in [2.24, 2.45) is 0 Å². The molecule has 228 valence electrons. The molecule has 0 aliphatic heterocycles. The Hall–Kier alpha value is -4.83. The largest absolute Gasteiger partial charge is 0.327 e. The molecule has 0 bridgehead atoms. The molecule has 2 aliphatic rings. The number of halogens is 2. The summed E-state index contributed by atoms with van der Waals surface area (Å²) in [5.74, 6) is -1.34. The molecule has 3 aromatic heterocycles. The van der Waals surface area contributed by atoms with Crippen LogP contribution in [0.5, 0.6) is 0 Å². The Labute approximate surface area is 258 Å². The Bertz CT molecular complexity index is 1950. The van der Waals surface area contributed by atoms with Crippen molar-refractivity contribution in [2.75, 3.05) is 7.05 Å². The van der Waals surface area contributed by atoms with Crippen LogP contribution in [0, 0.1) is 11.6 Å². The van der Waals surface area contributed by atoms with Gasteiger partial charge in [-0.1, -0.05) is 24.3 Å². The number of nitrogens with zero attached hydrogens (tertiary/aromatic N) is 4. The number of hydrogen-bond acceptors (Lipinski definition) is 6. The van der Waals surface area contributed by atoms with Gasteiger partial charge in [0.1, 0.15) is 11.6 Å². The monoisotopic (exact) mass is 606 g/mol. The second-order valence-electron chi connectivity index (χ2n) is 11.9. The molecule has 2 aliphatic carbocycles. The number of H-pyrrole nitrogens is 1. The molecule has 10 heteroatoms. The molecule has 2 aromatic carbocycles. The Kier molecular flexibility index (Phi) is 7.45. The first-order valence-electron chi connectivity index (χ1n) is 15.2. The van der Waals surface area contributed by atoms with Crippen molar-refractivity contribution in [3.63, 3.8) is 0 Å². The highest BCUT2D eigenvalue weighted by Crippen LogP contribution is 2.52. The van der Waals surface area contributed by atoms with Crippen LogP contribution in [0.15, 0.2) is 77.9 Å². The minimum atomic E-state index is -0.754. The molecule has 1 unspecified atom stereocenters. The van der Waals surface area contributed by atoms with Gasteiger partial charge in [0.05, 0.1) is 46.0 Å². The number of aromatic amines is 1. The molecule has 2 N–H and O–H groups in total. The molecular weight excluding hydrogens is 574 g/mol. The number of pyridine rings is 2. The van der Waals surface area contributed by atoms with Gasteiger partial charge < -0.3 is 10.2 Å². The van der Waals surface area contributed by atoms with E-state index in [1.165, 1.54) is 24.4 Å². The summed E-state index contributed by atoms with van der Waals surface area (Å²) in [6.45, 7) is 0.674. The molecule has 1 fully saturated rings. The van der Waals surface area contributed by atoms with Crippen molar-refractivity contribution in [3.8, 4) is 11.1 Å². The van der Waals surface area contributed by atoms with Crippen molar-refractivity contribution in [2.45, 2.75) is 56.7 Å². The van der Waals surface area contributed by atoms with E-state index in [0.717, 1.165) is 41.5 Å². The molecule has 0 radical (unpaired) electrons. The highest BCUT2D eigenvalue weighted by molar-refractivity contribution is 5.94. The van der Waals surface area contributed by atoms with Crippen molar-refractivity contribution in [3.05, 3.63) is 123 Å². The van der Waals surface area contributed by atoms with E-state index in [-0.39, 0.29) is 29.6 Å². The van der Waals surface area contributed by atoms with Crippen LogP contribution in [0.2, 0.25) is 0 Å². The zero-order valence-corrected chi connectivity index (χ0v) is 24.8. The van der Waals surface area contributed by atoms with Gasteiger partial charge in [0.2, 0.25) is 5.91 Å². The van der Waals surface area contributed by atoms with Gasteiger partial charge in [0.25, 0.3) is 5.56 Å². The van der Waals surface area contributed by atoms with E-state index in [9.17, 15) is 18.4 Å². The average molecular weight is 607 g/mol. The smallest absolute Gasteiger partial charge is 0.272 e. The van der Waals surface area contributed by atoms with E-state index in [2.05, 4.69) is 26.6 Å². The van der Waals surface area contributed by atoms with Crippen LogP contribution >= 0.6 is 0 Å². The average Bonchev–Trinajstić information content (AvgIpc) is 3.87. The number of amides is 1. The Morgan fingerprint density at radius 1 is 1.04 bits per heavy atom. The van der Waals surface area contributed by atoms with E-state index in [0.29, 0.717) is 41.7 Å². The maximum atomic E-state index is 14.8. The molecule has 8 nitrogen and oxygen atoms in total. The standard InChI is InChI=1S/C35H32F2N6O2/c1-38-19-29-26-17-23(11-13-25(26)33(44)42-41-29)35(14-15-35)34(45)43(30-9-2-5-21-6-4-16-39-32(21)30)20-24-12-10-22(18-40-24)31-27(36)7-3-8-28(31)37/h3-4,6-8,10-13,16-18,30,38H,2,5,9,14-15,19-20H2,1H3,(H,42,44). The van der Waals surface area contributed by atoms with Crippen molar-refractivity contribution in [1.82, 2.24) is 30.4 Å². The topological polar surface area (TPSA) is 104 Å². The lowest BCUT2D eigenvalue weighted by molar-refractivity contribution is -0.137. The highest BCUT2D eigenvalue weighted by atomic mass is 19.1. The van der Waals surface area contributed by atoms with Crippen molar-refractivity contribution >= 4 is 16.7 Å². The second-order valence-corrected chi connectivity index (χ2v) is 11.9. The van der Waals surface area contributed by atoms with Crippen molar-refractivity contribution < 1.29 is 13.6 Å². The number of fused-ring (bicyclic) bond motifs is 2. The predicted molar refractivity (Wildman–Crippen MR) is 166 cm³/mol. The minimum Gasteiger partial charge on any atom is -0.327 e. The van der Waals surface area contributed by atoms with Gasteiger partial charge in [-0.2, -0.15) is 5.10 Å². The normalized spacial score (nSPS) is 16.7. The number of benzene rings is 2. The Morgan fingerprint density at radius 2 is 1.87 bits per heavy atom. The van der Waals surface area contributed by atoms with Gasteiger partial charge >= 0.3 is 0 Å². The SMILES string of the molecule is CNCc1n[nH]c(=O)c2ccc(C3(C(=O)N(Cc4ccc(-c5c(F)cccc5F)cn4)C4CCCc5cccnc54)CC3)cc12. The molecule has 0 spiro atoms. The molecule has 3 heterocycles. The quantitative estimate of drug-likeness (QED) is 0.241. The number of aromatic nitrogens is 4. The number of hydrogen-bond donors (Lipinski definition) is 2. The predicted octanol–water partition coefficient (Wildman–Crippen LogP) is 5.52. The minimum absolute atomic E-state index is 0.0238.